The molecule has 1 aliphatic rings. The van der Waals surface area contributed by atoms with Crippen molar-refractivity contribution in [2.75, 3.05) is 39.9 Å². The quantitative estimate of drug-likeness (QED) is 0.726. The van der Waals surface area contributed by atoms with Crippen molar-refractivity contribution in [1.82, 2.24) is 9.80 Å². The molecule has 0 amide bonds. The number of ether oxygens (including phenoxy) is 1. The van der Waals surface area contributed by atoms with E-state index in [0.717, 1.165) is 19.7 Å². The Hall–Kier alpha value is -0.650. The van der Waals surface area contributed by atoms with Crippen LogP contribution in [0.25, 0.3) is 0 Å². The van der Waals surface area contributed by atoms with Crippen molar-refractivity contribution in [3.8, 4) is 0 Å². The average Bonchev–Trinajstić information content (AvgIpc) is 2.16. The summed E-state index contributed by atoms with van der Waals surface area (Å²) in [6, 6.07) is 0.783. The van der Waals surface area contributed by atoms with E-state index in [0.29, 0.717) is 18.7 Å². The molecular weight excluding hydrogens is 208 g/mol. The lowest BCUT2D eigenvalue weighted by Gasteiger charge is -2.39. The lowest BCUT2D eigenvalue weighted by atomic mass is 10.1. The number of carboxylic acids is 1. The standard InChI is InChI=1S/C11H22N2O3/c1-9(2)13-4-5-16-8-10(13)6-12(3)7-11(14)15/h9-10H,4-8H2,1-3H3,(H,14,15). The summed E-state index contributed by atoms with van der Waals surface area (Å²) < 4.78 is 5.45. The highest BCUT2D eigenvalue weighted by Gasteiger charge is 2.26. The van der Waals surface area contributed by atoms with Crippen LogP contribution >= 0.6 is 0 Å². The highest BCUT2D eigenvalue weighted by Crippen LogP contribution is 2.11. The first-order valence-electron chi connectivity index (χ1n) is 5.74. The van der Waals surface area contributed by atoms with Crippen LogP contribution in [0.15, 0.2) is 0 Å². The van der Waals surface area contributed by atoms with Gasteiger partial charge in [-0.25, -0.2) is 0 Å². The van der Waals surface area contributed by atoms with Gasteiger partial charge in [-0.1, -0.05) is 0 Å². The zero-order valence-electron chi connectivity index (χ0n) is 10.3. The average molecular weight is 230 g/mol. The van der Waals surface area contributed by atoms with E-state index in [9.17, 15) is 4.79 Å². The number of likely N-dealkylation sites (N-methyl/N-ethyl adjacent to an activating group) is 1. The zero-order chi connectivity index (χ0) is 12.1. The highest BCUT2D eigenvalue weighted by molar-refractivity contribution is 5.69. The van der Waals surface area contributed by atoms with Gasteiger partial charge in [-0.15, -0.1) is 0 Å². The van der Waals surface area contributed by atoms with E-state index in [2.05, 4.69) is 18.7 Å². The second kappa shape index (κ2) is 6.18. The van der Waals surface area contributed by atoms with E-state index in [1.165, 1.54) is 0 Å². The molecule has 94 valence electrons. The molecule has 0 aromatic rings. The second-order valence-corrected chi connectivity index (χ2v) is 4.65. The van der Waals surface area contributed by atoms with Crippen molar-refractivity contribution < 1.29 is 14.6 Å². The molecular formula is C11H22N2O3. The summed E-state index contributed by atoms with van der Waals surface area (Å²) in [6.07, 6.45) is 0. The molecule has 1 saturated heterocycles. The van der Waals surface area contributed by atoms with E-state index in [-0.39, 0.29) is 6.54 Å². The summed E-state index contributed by atoms with van der Waals surface area (Å²) in [5.74, 6) is -0.782. The molecule has 5 nitrogen and oxygen atoms in total. The maximum absolute atomic E-state index is 10.6. The van der Waals surface area contributed by atoms with Crippen LogP contribution in [0.2, 0.25) is 0 Å². The summed E-state index contributed by atoms with van der Waals surface area (Å²) in [5.41, 5.74) is 0. The number of hydrogen-bond donors (Lipinski definition) is 1. The molecule has 1 aliphatic heterocycles. The summed E-state index contributed by atoms with van der Waals surface area (Å²) in [6.45, 7) is 7.56. The maximum Gasteiger partial charge on any atom is 0.317 e. The molecule has 1 N–H and O–H groups in total. The van der Waals surface area contributed by atoms with Gasteiger partial charge in [0.15, 0.2) is 0 Å². The predicted octanol–water partition coefficient (Wildman–Crippen LogP) is 0.112. The van der Waals surface area contributed by atoms with Gasteiger partial charge in [-0.3, -0.25) is 14.6 Å². The smallest absolute Gasteiger partial charge is 0.317 e. The van der Waals surface area contributed by atoms with E-state index in [1.807, 2.05) is 11.9 Å². The summed E-state index contributed by atoms with van der Waals surface area (Å²) in [5, 5.41) is 8.70. The summed E-state index contributed by atoms with van der Waals surface area (Å²) in [7, 11) is 1.83. The number of rotatable bonds is 5. The minimum Gasteiger partial charge on any atom is -0.480 e. The van der Waals surface area contributed by atoms with Gasteiger partial charge in [-0.05, 0) is 20.9 Å². The number of morpholine rings is 1. The van der Waals surface area contributed by atoms with Crippen LogP contribution in [-0.2, 0) is 9.53 Å². The van der Waals surface area contributed by atoms with Gasteiger partial charge in [0, 0.05) is 25.2 Å². The lowest BCUT2D eigenvalue weighted by Crippen LogP contribution is -2.53. The SMILES string of the molecule is CC(C)N1CCOCC1CN(C)CC(=O)O. The van der Waals surface area contributed by atoms with Crippen LogP contribution in [0.4, 0.5) is 0 Å². The number of carbonyl (C=O) groups is 1. The van der Waals surface area contributed by atoms with Crippen molar-refractivity contribution in [2.45, 2.75) is 25.9 Å². The zero-order valence-corrected chi connectivity index (χ0v) is 10.3. The molecule has 0 aromatic heterocycles. The maximum atomic E-state index is 10.6. The van der Waals surface area contributed by atoms with E-state index >= 15 is 0 Å². The Labute approximate surface area is 97.0 Å². The van der Waals surface area contributed by atoms with E-state index in [1.54, 1.807) is 0 Å². The monoisotopic (exact) mass is 230 g/mol. The summed E-state index contributed by atoms with van der Waals surface area (Å²) in [4.78, 5) is 14.8. The first-order chi connectivity index (χ1) is 7.50. The Kier molecular flexibility index (Phi) is 5.18. The molecule has 0 aliphatic carbocycles. The van der Waals surface area contributed by atoms with Crippen molar-refractivity contribution in [3.05, 3.63) is 0 Å². The van der Waals surface area contributed by atoms with Crippen LogP contribution in [0, 0.1) is 0 Å². The molecule has 0 aromatic carbocycles. The van der Waals surface area contributed by atoms with Gasteiger partial charge in [0.2, 0.25) is 0 Å². The molecule has 5 heteroatoms. The molecule has 0 bridgehead atoms. The number of hydrogen-bond acceptors (Lipinski definition) is 4. The first-order valence-corrected chi connectivity index (χ1v) is 5.74. The Balaban J connectivity index is 2.46. The van der Waals surface area contributed by atoms with Gasteiger partial charge in [0.25, 0.3) is 0 Å². The number of carboxylic acid groups (broad SMARTS) is 1. The summed E-state index contributed by atoms with van der Waals surface area (Å²) >= 11 is 0. The van der Waals surface area contributed by atoms with Gasteiger partial charge >= 0.3 is 5.97 Å². The molecule has 0 saturated carbocycles. The van der Waals surface area contributed by atoms with Crippen LogP contribution in [0.1, 0.15) is 13.8 Å². The molecule has 1 rings (SSSR count). The fraction of sp³-hybridized carbons (Fsp3) is 0.909. The fourth-order valence-corrected chi connectivity index (χ4v) is 2.16. The number of aliphatic carboxylic acids is 1. The predicted molar refractivity (Wildman–Crippen MR) is 61.6 cm³/mol. The fourth-order valence-electron chi connectivity index (χ4n) is 2.16. The third-order valence-corrected chi connectivity index (χ3v) is 2.86. The van der Waals surface area contributed by atoms with Gasteiger partial charge in [0.05, 0.1) is 19.8 Å². The molecule has 1 fully saturated rings. The minimum absolute atomic E-state index is 0.0857. The molecule has 16 heavy (non-hydrogen) atoms. The second-order valence-electron chi connectivity index (χ2n) is 4.65. The Bertz CT molecular complexity index is 233. The highest BCUT2D eigenvalue weighted by atomic mass is 16.5. The van der Waals surface area contributed by atoms with Gasteiger partial charge in [-0.2, -0.15) is 0 Å². The van der Waals surface area contributed by atoms with Crippen LogP contribution in [-0.4, -0.2) is 72.9 Å². The molecule has 1 unspecified atom stereocenters. The molecule has 1 atom stereocenters. The lowest BCUT2D eigenvalue weighted by molar-refractivity contribution is -0.138. The van der Waals surface area contributed by atoms with E-state index in [4.69, 9.17) is 9.84 Å². The Morgan fingerprint density at radius 1 is 1.62 bits per heavy atom. The van der Waals surface area contributed by atoms with Crippen molar-refractivity contribution in [1.29, 1.82) is 0 Å². The Morgan fingerprint density at radius 2 is 2.31 bits per heavy atom. The molecule has 0 radical (unpaired) electrons. The Morgan fingerprint density at radius 3 is 2.88 bits per heavy atom. The van der Waals surface area contributed by atoms with Crippen LogP contribution < -0.4 is 0 Å². The van der Waals surface area contributed by atoms with Crippen LogP contribution in [0.3, 0.4) is 0 Å². The topological polar surface area (TPSA) is 53.0 Å². The van der Waals surface area contributed by atoms with Gasteiger partial charge in [0.1, 0.15) is 0 Å². The van der Waals surface area contributed by atoms with Crippen molar-refractivity contribution in [3.63, 3.8) is 0 Å². The third-order valence-electron chi connectivity index (χ3n) is 2.86. The van der Waals surface area contributed by atoms with Crippen molar-refractivity contribution in [2.24, 2.45) is 0 Å². The molecule has 1 heterocycles. The van der Waals surface area contributed by atoms with Gasteiger partial charge < -0.3 is 9.84 Å². The minimum atomic E-state index is -0.782. The third kappa shape index (κ3) is 4.08. The van der Waals surface area contributed by atoms with Crippen molar-refractivity contribution >= 4 is 5.97 Å². The normalized spacial score (nSPS) is 22.9. The number of nitrogens with zero attached hydrogens (tertiary/aromatic N) is 2. The van der Waals surface area contributed by atoms with Crippen LogP contribution in [0.5, 0.6) is 0 Å². The largest absolute Gasteiger partial charge is 0.480 e. The van der Waals surface area contributed by atoms with E-state index < -0.39 is 5.97 Å². The molecule has 0 spiro atoms. The first kappa shape index (κ1) is 13.4.